The zero-order valence-corrected chi connectivity index (χ0v) is 16.0. The summed E-state index contributed by atoms with van der Waals surface area (Å²) in [4.78, 5) is 25.1. The van der Waals surface area contributed by atoms with Gasteiger partial charge >= 0.3 is 5.97 Å². The SMILES string of the molecule is COC(=O)C1(CC(=O)c2ccc(-c3ccccc3)cc2)CCS(=O)(=O)CC1. The number of carbonyl (C=O) groups is 2. The average molecular weight is 386 g/mol. The maximum atomic E-state index is 12.8. The van der Waals surface area contributed by atoms with Crippen LogP contribution >= 0.6 is 0 Å². The van der Waals surface area contributed by atoms with Gasteiger partial charge in [-0.3, -0.25) is 9.59 Å². The van der Waals surface area contributed by atoms with E-state index in [1.807, 2.05) is 42.5 Å². The number of ketones is 1. The van der Waals surface area contributed by atoms with Crippen molar-refractivity contribution in [1.29, 1.82) is 0 Å². The summed E-state index contributed by atoms with van der Waals surface area (Å²) in [5.41, 5.74) is 1.50. The maximum Gasteiger partial charge on any atom is 0.312 e. The van der Waals surface area contributed by atoms with Crippen molar-refractivity contribution in [3.63, 3.8) is 0 Å². The van der Waals surface area contributed by atoms with Gasteiger partial charge in [0.2, 0.25) is 0 Å². The highest BCUT2D eigenvalue weighted by molar-refractivity contribution is 7.91. The summed E-state index contributed by atoms with van der Waals surface area (Å²) in [5.74, 6) is -0.879. The molecule has 0 bridgehead atoms. The molecular formula is C21H22O5S. The van der Waals surface area contributed by atoms with E-state index in [9.17, 15) is 18.0 Å². The average Bonchev–Trinajstić information content (AvgIpc) is 2.70. The molecular weight excluding hydrogens is 364 g/mol. The molecule has 0 aliphatic carbocycles. The van der Waals surface area contributed by atoms with Gasteiger partial charge in [0.1, 0.15) is 9.84 Å². The molecule has 3 rings (SSSR count). The number of carbonyl (C=O) groups excluding carboxylic acids is 2. The van der Waals surface area contributed by atoms with Crippen molar-refractivity contribution in [3.05, 3.63) is 60.2 Å². The molecule has 142 valence electrons. The standard InChI is InChI=1S/C21H22O5S/c1-26-20(23)21(11-13-27(24,25)14-12-21)15-19(22)18-9-7-17(8-10-18)16-5-3-2-4-6-16/h2-10H,11-15H2,1H3. The van der Waals surface area contributed by atoms with Crippen LogP contribution in [0.15, 0.2) is 54.6 Å². The minimum Gasteiger partial charge on any atom is -0.469 e. The van der Waals surface area contributed by atoms with Crippen LogP contribution in [0.5, 0.6) is 0 Å². The van der Waals surface area contributed by atoms with E-state index in [2.05, 4.69) is 0 Å². The molecule has 2 aromatic rings. The van der Waals surface area contributed by atoms with Crippen molar-refractivity contribution in [1.82, 2.24) is 0 Å². The molecule has 0 atom stereocenters. The lowest BCUT2D eigenvalue weighted by Crippen LogP contribution is -2.42. The molecule has 0 spiro atoms. The maximum absolute atomic E-state index is 12.8. The quantitative estimate of drug-likeness (QED) is 0.582. The summed E-state index contributed by atoms with van der Waals surface area (Å²) in [5, 5.41) is 0. The van der Waals surface area contributed by atoms with Gasteiger partial charge in [0.15, 0.2) is 5.78 Å². The van der Waals surface area contributed by atoms with Gasteiger partial charge < -0.3 is 4.74 Å². The van der Waals surface area contributed by atoms with Gasteiger partial charge in [-0.1, -0.05) is 54.6 Å². The van der Waals surface area contributed by atoms with Crippen LogP contribution in [0.1, 0.15) is 29.6 Å². The van der Waals surface area contributed by atoms with Crippen molar-refractivity contribution in [2.75, 3.05) is 18.6 Å². The topological polar surface area (TPSA) is 77.5 Å². The normalized spacial score (nSPS) is 17.8. The fourth-order valence-corrected chi connectivity index (χ4v) is 5.09. The minimum absolute atomic E-state index is 0.0418. The molecule has 0 aromatic heterocycles. The number of esters is 1. The molecule has 1 aliphatic rings. The van der Waals surface area contributed by atoms with Gasteiger partial charge in [0.05, 0.1) is 24.0 Å². The summed E-state index contributed by atoms with van der Waals surface area (Å²) in [6.07, 6.45) is 0.200. The first-order chi connectivity index (χ1) is 12.9. The van der Waals surface area contributed by atoms with Crippen LogP contribution in [0.4, 0.5) is 0 Å². The molecule has 1 aliphatic heterocycles. The molecule has 6 heteroatoms. The Balaban J connectivity index is 1.79. The second kappa shape index (κ2) is 7.64. The fraction of sp³-hybridized carbons (Fsp3) is 0.333. The van der Waals surface area contributed by atoms with Crippen LogP contribution in [0.2, 0.25) is 0 Å². The zero-order chi connectivity index (χ0) is 19.5. The van der Waals surface area contributed by atoms with E-state index in [1.54, 1.807) is 12.1 Å². The van der Waals surface area contributed by atoms with E-state index in [1.165, 1.54) is 7.11 Å². The smallest absolute Gasteiger partial charge is 0.312 e. The monoisotopic (exact) mass is 386 g/mol. The molecule has 0 amide bonds. The Bertz CT molecular complexity index is 916. The highest BCUT2D eigenvalue weighted by atomic mass is 32.2. The molecule has 0 N–H and O–H groups in total. The number of sulfone groups is 1. The predicted molar refractivity (Wildman–Crippen MR) is 103 cm³/mol. The lowest BCUT2D eigenvalue weighted by molar-refractivity contribution is -0.153. The van der Waals surface area contributed by atoms with E-state index >= 15 is 0 Å². The highest BCUT2D eigenvalue weighted by Crippen LogP contribution is 2.38. The third-order valence-corrected chi connectivity index (χ3v) is 6.87. The van der Waals surface area contributed by atoms with Gasteiger partial charge in [-0.05, 0) is 24.0 Å². The summed E-state index contributed by atoms with van der Waals surface area (Å²) in [6, 6.07) is 17.1. The zero-order valence-electron chi connectivity index (χ0n) is 15.2. The number of Topliss-reactive ketones (excluding diaryl/α,β-unsaturated/α-hetero) is 1. The Morgan fingerprint density at radius 2 is 1.48 bits per heavy atom. The lowest BCUT2D eigenvalue weighted by atomic mass is 9.76. The Morgan fingerprint density at radius 3 is 2.04 bits per heavy atom. The number of rotatable bonds is 5. The van der Waals surface area contributed by atoms with Crippen molar-refractivity contribution in [2.24, 2.45) is 5.41 Å². The van der Waals surface area contributed by atoms with Gasteiger partial charge in [0.25, 0.3) is 0 Å². The van der Waals surface area contributed by atoms with Crippen LogP contribution in [0.3, 0.4) is 0 Å². The second-order valence-electron chi connectivity index (χ2n) is 6.97. The summed E-state index contributed by atoms with van der Waals surface area (Å²) >= 11 is 0. The van der Waals surface area contributed by atoms with Gasteiger partial charge in [-0.2, -0.15) is 0 Å². The van der Waals surface area contributed by atoms with Crippen molar-refractivity contribution < 1.29 is 22.7 Å². The third kappa shape index (κ3) is 4.27. The molecule has 1 fully saturated rings. The van der Waals surface area contributed by atoms with Gasteiger partial charge in [0, 0.05) is 12.0 Å². The summed E-state index contributed by atoms with van der Waals surface area (Å²) in [6.45, 7) is 0. The summed E-state index contributed by atoms with van der Waals surface area (Å²) in [7, 11) is -1.88. The van der Waals surface area contributed by atoms with Gasteiger partial charge in [-0.15, -0.1) is 0 Å². The molecule has 2 aromatic carbocycles. The Hall–Kier alpha value is -2.47. The Kier molecular flexibility index (Phi) is 5.46. The number of hydrogen-bond donors (Lipinski definition) is 0. The Labute approximate surface area is 159 Å². The number of methoxy groups -OCH3 is 1. The summed E-state index contributed by atoms with van der Waals surface area (Å²) < 4.78 is 28.4. The molecule has 5 nitrogen and oxygen atoms in total. The molecule has 27 heavy (non-hydrogen) atoms. The molecule has 0 saturated carbocycles. The first kappa shape index (κ1) is 19.3. The second-order valence-corrected chi connectivity index (χ2v) is 9.27. The predicted octanol–water partition coefficient (Wildman–Crippen LogP) is 3.29. The lowest BCUT2D eigenvalue weighted by Gasteiger charge is -2.33. The van der Waals surface area contributed by atoms with E-state index in [4.69, 9.17) is 4.74 Å². The van der Waals surface area contributed by atoms with Crippen LogP contribution in [-0.4, -0.2) is 38.8 Å². The van der Waals surface area contributed by atoms with E-state index < -0.39 is 21.2 Å². The van der Waals surface area contributed by atoms with Crippen LogP contribution in [0, 0.1) is 5.41 Å². The van der Waals surface area contributed by atoms with E-state index in [0.717, 1.165) is 11.1 Å². The first-order valence-corrected chi connectivity index (χ1v) is 10.6. The van der Waals surface area contributed by atoms with E-state index in [0.29, 0.717) is 5.56 Å². The minimum atomic E-state index is -3.15. The highest BCUT2D eigenvalue weighted by Gasteiger charge is 2.45. The molecule has 0 unspecified atom stereocenters. The number of benzene rings is 2. The van der Waals surface area contributed by atoms with Crippen LogP contribution < -0.4 is 0 Å². The largest absolute Gasteiger partial charge is 0.469 e. The first-order valence-electron chi connectivity index (χ1n) is 8.83. The third-order valence-electron chi connectivity index (χ3n) is 5.21. The fourth-order valence-electron chi connectivity index (χ4n) is 3.49. The molecule has 1 saturated heterocycles. The van der Waals surface area contributed by atoms with Crippen LogP contribution in [0.25, 0.3) is 11.1 Å². The number of ether oxygens (including phenoxy) is 1. The van der Waals surface area contributed by atoms with Crippen LogP contribution in [-0.2, 0) is 19.4 Å². The van der Waals surface area contributed by atoms with Crippen molar-refractivity contribution >= 4 is 21.6 Å². The molecule has 1 heterocycles. The molecule has 0 radical (unpaired) electrons. The number of hydrogen-bond acceptors (Lipinski definition) is 5. The van der Waals surface area contributed by atoms with Crippen molar-refractivity contribution in [2.45, 2.75) is 19.3 Å². The van der Waals surface area contributed by atoms with Crippen molar-refractivity contribution in [3.8, 4) is 11.1 Å². The Morgan fingerprint density at radius 1 is 0.926 bits per heavy atom. The van der Waals surface area contributed by atoms with E-state index in [-0.39, 0.29) is 36.6 Å². The van der Waals surface area contributed by atoms with Gasteiger partial charge in [-0.25, -0.2) is 8.42 Å².